The van der Waals surface area contributed by atoms with Crippen LogP contribution < -0.4 is 15.2 Å². The summed E-state index contributed by atoms with van der Waals surface area (Å²) in [5.74, 6) is 0.114. The maximum Gasteiger partial charge on any atom is 0.341 e. The molecule has 0 radical (unpaired) electrons. The van der Waals surface area contributed by atoms with Gasteiger partial charge in [0.2, 0.25) is 0 Å². The number of benzene rings is 2. The number of anilines is 2. The normalized spacial score (nSPS) is 21.8. The standard InChI is InChI=1S/C29H24FN5O4/c30-20-5-6-33(14-20)24-4-1-16(7-17(24)11-31)25-10-26(36)22(28(37)38)15-35(25)21-2-3-23-27(9-21)39-29(32-23)34-12-18-8-19(18)13-34/h1-4,7,9-10,15,18-20H,5-6,8,12-14H2,(H,37,38)/t18?,19?,20-/m0/s1. The van der Waals surface area contributed by atoms with E-state index in [9.17, 15) is 24.3 Å². The summed E-state index contributed by atoms with van der Waals surface area (Å²) in [4.78, 5) is 33.2. The van der Waals surface area contributed by atoms with Crippen molar-refractivity contribution in [3.8, 4) is 23.0 Å². The number of aromatic carboxylic acids is 1. The predicted octanol–water partition coefficient (Wildman–Crippen LogP) is 4.22. The average Bonchev–Trinajstić information content (AvgIpc) is 3.28. The molecule has 2 aromatic heterocycles. The van der Waals surface area contributed by atoms with Gasteiger partial charge in [-0.3, -0.25) is 4.79 Å². The van der Waals surface area contributed by atoms with Crippen molar-refractivity contribution in [2.45, 2.75) is 19.0 Å². The predicted molar refractivity (Wildman–Crippen MR) is 142 cm³/mol. The SMILES string of the molecule is N#Cc1cc(-c2cc(=O)c(C(=O)O)cn2-c2ccc3nc(N4CC5CC5C4)oc3c2)ccc1N1CC[C@H](F)C1. The Kier molecular flexibility index (Phi) is 5.23. The number of carboxylic acids is 1. The first-order valence-corrected chi connectivity index (χ1v) is 13.0. The van der Waals surface area contributed by atoms with E-state index in [2.05, 4.69) is 16.0 Å². The maximum absolute atomic E-state index is 13.8. The molecule has 1 aliphatic carbocycles. The topological polar surface area (TPSA) is 116 Å². The van der Waals surface area contributed by atoms with Gasteiger partial charge in [-0.15, -0.1) is 0 Å². The number of hydrogen-bond acceptors (Lipinski definition) is 7. The summed E-state index contributed by atoms with van der Waals surface area (Å²) in [6, 6.07) is 14.6. The number of carbonyl (C=O) groups is 1. The van der Waals surface area contributed by atoms with E-state index in [0.717, 1.165) is 24.9 Å². The summed E-state index contributed by atoms with van der Waals surface area (Å²) in [5, 5.41) is 19.5. The molecule has 3 fully saturated rings. The van der Waals surface area contributed by atoms with Gasteiger partial charge in [-0.25, -0.2) is 9.18 Å². The van der Waals surface area contributed by atoms with Crippen molar-refractivity contribution in [3.63, 3.8) is 0 Å². The van der Waals surface area contributed by atoms with Crippen LogP contribution in [-0.2, 0) is 0 Å². The lowest BCUT2D eigenvalue weighted by Gasteiger charge is -2.20. The molecule has 3 atom stereocenters. The molecule has 0 spiro atoms. The van der Waals surface area contributed by atoms with Gasteiger partial charge >= 0.3 is 5.97 Å². The highest BCUT2D eigenvalue weighted by Gasteiger charge is 2.46. The van der Waals surface area contributed by atoms with Gasteiger partial charge in [-0.2, -0.15) is 10.2 Å². The Bertz CT molecular complexity index is 1740. The molecule has 1 N–H and O–H groups in total. The van der Waals surface area contributed by atoms with Gasteiger partial charge in [0, 0.05) is 55.8 Å². The zero-order chi connectivity index (χ0) is 26.8. The van der Waals surface area contributed by atoms with Crippen molar-refractivity contribution in [3.05, 3.63) is 70.0 Å². The lowest BCUT2D eigenvalue weighted by molar-refractivity contribution is 0.0695. The van der Waals surface area contributed by atoms with E-state index >= 15 is 0 Å². The highest BCUT2D eigenvalue weighted by Crippen LogP contribution is 2.46. The molecular weight excluding hydrogens is 501 g/mol. The molecule has 39 heavy (non-hydrogen) atoms. The number of nitrogens with zero attached hydrogens (tertiary/aromatic N) is 5. The van der Waals surface area contributed by atoms with Crippen molar-refractivity contribution in [2.75, 3.05) is 36.0 Å². The fourth-order valence-electron chi connectivity index (χ4n) is 5.87. The first kappa shape index (κ1) is 23.5. The Morgan fingerprint density at radius 1 is 1.10 bits per heavy atom. The smallest absolute Gasteiger partial charge is 0.341 e. The average molecular weight is 526 g/mol. The summed E-state index contributed by atoms with van der Waals surface area (Å²) >= 11 is 0. The van der Waals surface area contributed by atoms with Gasteiger partial charge in [0.05, 0.1) is 16.9 Å². The van der Waals surface area contributed by atoms with Gasteiger partial charge in [0.1, 0.15) is 23.3 Å². The molecule has 1 saturated carbocycles. The number of carboxylic acid groups (broad SMARTS) is 1. The zero-order valence-electron chi connectivity index (χ0n) is 20.9. The lowest BCUT2D eigenvalue weighted by atomic mass is 10.0. The number of rotatable bonds is 5. The molecule has 9 nitrogen and oxygen atoms in total. The van der Waals surface area contributed by atoms with Crippen LogP contribution in [0, 0.1) is 23.2 Å². The van der Waals surface area contributed by atoms with Crippen molar-refractivity contribution < 1.29 is 18.7 Å². The molecule has 0 bridgehead atoms. The van der Waals surface area contributed by atoms with E-state index in [1.54, 1.807) is 41.0 Å². The molecule has 2 unspecified atom stereocenters. The second-order valence-corrected chi connectivity index (χ2v) is 10.6. The largest absolute Gasteiger partial charge is 0.477 e. The Balaban J connectivity index is 1.32. The Hall–Kier alpha value is -4.65. The monoisotopic (exact) mass is 525 g/mol. The van der Waals surface area contributed by atoms with E-state index < -0.39 is 17.6 Å². The van der Waals surface area contributed by atoms with Crippen LogP contribution in [0.1, 0.15) is 28.8 Å². The van der Waals surface area contributed by atoms with Gasteiger partial charge in [-0.1, -0.05) is 6.07 Å². The van der Waals surface area contributed by atoms with Crippen LogP contribution in [0.3, 0.4) is 0 Å². The fraction of sp³-hybridized carbons (Fsp3) is 0.310. The number of pyridine rings is 1. The maximum atomic E-state index is 13.8. The van der Waals surface area contributed by atoms with Crippen LogP contribution in [0.15, 0.2) is 57.9 Å². The fourth-order valence-corrected chi connectivity index (χ4v) is 5.87. The number of piperidine rings is 1. The Morgan fingerprint density at radius 3 is 2.64 bits per heavy atom. The van der Waals surface area contributed by atoms with Crippen LogP contribution >= 0.6 is 0 Å². The van der Waals surface area contributed by atoms with E-state index in [0.29, 0.717) is 58.3 Å². The number of fused-ring (bicyclic) bond motifs is 2. The Morgan fingerprint density at radius 2 is 1.92 bits per heavy atom. The van der Waals surface area contributed by atoms with Crippen LogP contribution in [0.25, 0.3) is 28.0 Å². The summed E-state index contributed by atoms with van der Waals surface area (Å²) in [5.41, 5.74) is 2.73. The zero-order valence-corrected chi connectivity index (χ0v) is 20.9. The Labute approximate surface area is 222 Å². The minimum Gasteiger partial charge on any atom is -0.477 e. The molecule has 2 aliphatic heterocycles. The summed E-state index contributed by atoms with van der Waals surface area (Å²) < 4.78 is 21.5. The van der Waals surface area contributed by atoms with Gasteiger partial charge < -0.3 is 23.9 Å². The second kappa shape index (κ2) is 8.70. The third kappa shape index (κ3) is 4.02. The number of hydrogen-bond donors (Lipinski definition) is 1. The third-order valence-electron chi connectivity index (χ3n) is 8.05. The molecule has 196 valence electrons. The van der Waals surface area contributed by atoms with Crippen LogP contribution in [0.5, 0.6) is 0 Å². The summed E-state index contributed by atoms with van der Waals surface area (Å²) in [7, 11) is 0. The minimum absolute atomic E-state index is 0.226. The van der Waals surface area contributed by atoms with Crippen molar-refractivity contribution in [2.24, 2.45) is 11.8 Å². The highest BCUT2D eigenvalue weighted by atomic mass is 19.1. The lowest BCUT2D eigenvalue weighted by Crippen LogP contribution is -2.21. The van der Waals surface area contributed by atoms with Crippen LogP contribution in [-0.4, -0.2) is 53.0 Å². The number of oxazole rings is 1. The quantitative estimate of drug-likeness (QED) is 0.412. The first-order chi connectivity index (χ1) is 18.9. The molecule has 7 rings (SSSR count). The van der Waals surface area contributed by atoms with Crippen molar-refractivity contribution in [1.82, 2.24) is 9.55 Å². The van der Waals surface area contributed by atoms with Crippen LogP contribution in [0.4, 0.5) is 16.1 Å². The molecule has 4 aromatic rings. The second-order valence-electron chi connectivity index (χ2n) is 10.6. The van der Waals surface area contributed by atoms with Gasteiger partial charge in [0.15, 0.2) is 11.0 Å². The molecule has 3 aliphatic rings. The van der Waals surface area contributed by atoms with Gasteiger partial charge in [0.25, 0.3) is 6.01 Å². The van der Waals surface area contributed by atoms with Crippen molar-refractivity contribution >= 4 is 28.8 Å². The first-order valence-electron chi connectivity index (χ1n) is 13.0. The molecule has 10 heteroatoms. The molecule has 2 aromatic carbocycles. The number of nitriles is 1. The number of halogens is 1. The van der Waals surface area contributed by atoms with E-state index in [1.807, 2.05) is 4.90 Å². The van der Waals surface area contributed by atoms with Crippen molar-refractivity contribution in [1.29, 1.82) is 5.26 Å². The summed E-state index contributed by atoms with van der Waals surface area (Å²) in [6.07, 6.45) is 2.03. The molecule has 4 heterocycles. The van der Waals surface area contributed by atoms with Gasteiger partial charge in [-0.05, 0) is 48.9 Å². The number of alkyl halides is 1. The minimum atomic E-state index is -1.33. The molecular formula is C29H24FN5O4. The molecule has 2 saturated heterocycles. The van der Waals surface area contributed by atoms with E-state index in [-0.39, 0.29) is 12.1 Å². The molecule has 0 amide bonds. The number of aromatic nitrogens is 2. The summed E-state index contributed by atoms with van der Waals surface area (Å²) in [6.45, 7) is 2.63. The van der Waals surface area contributed by atoms with Crippen LogP contribution in [0.2, 0.25) is 0 Å². The van der Waals surface area contributed by atoms with E-state index in [4.69, 9.17) is 4.42 Å². The van der Waals surface area contributed by atoms with E-state index in [1.165, 1.54) is 18.7 Å². The third-order valence-corrected chi connectivity index (χ3v) is 8.05. The highest BCUT2D eigenvalue weighted by molar-refractivity contribution is 5.88.